The van der Waals surface area contributed by atoms with E-state index in [0.717, 1.165) is 16.7 Å². The molecule has 0 spiro atoms. The minimum Gasteiger partial charge on any atom is -0.483 e. The van der Waals surface area contributed by atoms with E-state index in [1.165, 1.54) is 0 Å². The summed E-state index contributed by atoms with van der Waals surface area (Å²) in [4.78, 5) is 4.24. The minimum atomic E-state index is 0. The fourth-order valence-corrected chi connectivity index (χ4v) is 2.01. The van der Waals surface area contributed by atoms with Gasteiger partial charge in [0.25, 0.3) is 0 Å². The molecule has 1 aliphatic rings. The van der Waals surface area contributed by atoms with E-state index in [1.807, 2.05) is 11.5 Å². The van der Waals surface area contributed by atoms with Crippen molar-refractivity contribution in [1.29, 1.82) is 0 Å². The molecule has 0 amide bonds. The second kappa shape index (κ2) is 2.61. The maximum atomic E-state index is 4.24. The van der Waals surface area contributed by atoms with E-state index in [1.54, 1.807) is 0 Å². The van der Waals surface area contributed by atoms with Crippen LogP contribution in [0.3, 0.4) is 0 Å². The molecule has 4 heteroatoms. The van der Waals surface area contributed by atoms with Crippen LogP contribution in [0.2, 0.25) is 0 Å². The number of aromatic nitrogens is 2. The van der Waals surface area contributed by atoms with Gasteiger partial charge in [0.1, 0.15) is 0 Å². The standard InChI is InChI=1S/C6H7N2S.Re/c1-5-3-8-4-9(2)6(8)7-5;/h2,4H2,1H3;/q-1;. The average Bonchev–Trinajstić information content (AvgIpc) is 2.08. The maximum absolute atomic E-state index is 4.24. The molecule has 1 radical (unpaired) electrons. The Morgan fingerprint density at radius 2 is 2.50 bits per heavy atom. The van der Waals surface area contributed by atoms with E-state index >= 15 is 0 Å². The van der Waals surface area contributed by atoms with E-state index in [-0.39, 0.29) is 30.9 Å². The third-order valence-electron chi connectivity index (χ3n) is 1.33. The molecule has 55 valence electrons. The molecule has 1 unspecified atom stereocenters. The van der Waals surface area contributed by atoms with E-state index in [0.29, 0.717) is 0 Å². The Labute approximate surface area is 76.2 Å². The van der Waals surface area contributed by atoms with Crippen LogP contribution in [-0.2, 0) is 26.3 Å². The zero-order chi connectivity index (χ0) is 6.43. The first-order chi connectivity index (χ1) is 4.27. The van der Waals surface area contributed by atoms with Crippen molar-refractivity contribution in [2.24, 2.45) is 0 Å². The molecular formula is C6H7N2ReS-. The molecule has 0 aromatic carbocycles. The third-order valence-corrected chi connectivity index (χ3v) is 2.73. The van der Waals surface area contributed by atoms with Crippen LogP contribution in [0, 0.1) is 13.1 Å². The Morgan fingerprint density at radius 1 is 1.80 bits per heavy atom. The SMILES string of the molecule is C=S1Cn2[c-]c(C)nc21.[Re]. The first-order valence-electron chi connectivity index (χ1n) is 2.74. The summed E-state index contributed by atoms with van der Waals surface area (Å²) in [6.45, 7) is 1.96. The molecule has 10 heavy (non-hydrogen) atoms. The number of hydrogen-bond donors (Lipinski definition) is 0. The summed E-state index contributed by atoms with van der Waals surface area (Å²) in [5.74, 6) is 4.95. The third kappa shape index (κ3) is 1.01. The van der Waals surface area contributed by atoms with Gasteiger partial charge in [0.15, 0.2) is 0 Å². The molecule has 0 aliphatic carbocycles. The molecule has 0 saturated heterocycles. The fraction of sp³-hybridized carbons (Fsp3) is 0.333. The Hall–Kier alpha value is 0.0923. The second-order valence-electron chi connectivity index (χ2n) is 2.14. The van der Waals surface area contributed by atoms with Gasteiger partial charge in [0.05, 0.1) is 0 Å². The molecule has 2 rings (SSSR count). The molecule has 1 aromatic rings. The molecular weight excluding hydrogens is 318 g/mol. The van der Waals surface area contributed by atoms with Gasteiger partial charge in [-0.25, -0.2) is 0 Å². The van der Waals surface area contributed by atoms with Gasteiger partial charge in [-0.1, -0.05) is 11.6 Å². The van der Waals surface area contributed by atoms with Crippen molar-refractivity contribution < 1.29 is 20.4 Å². The smallest absolute Gasteiger partial charge is 0.0236 e. The molecule has 2 heterocycles. The Balaban J connectivity index is 0.000000500. The van der Waals surface area contributed by atoms with Crippen molar-refractivity contribution in [3.8, 4) is 0 Å². The summed E-state index contributed by atoms with van der Waals surface area (Å²) in [6.07, 6.45) is 3.10. The molecule has 0 bridgehead atoms. The second-order valence-corrected chi connectivity index (χ2v) is 3.75. The van der Waals surface area contributed by atoms with Crippen molar-refractivity contribution in [3.63, 3.8) is 0 Å². The van der Waals surface area contributed by atoms with Crippen molar-refractivity contribution in [2.75, 3.05) is 0 Å². The first kappa shape index (κ1) is 8.19. The van der Waals surface area contributed by atoms with Gasteiger partial charge >= 0.3 is 0 Å². The van der Waals surface area contributed by atoms with E-state index in [9.17, 15) is 0 Å². The first-order valence-corrected chi connectivity index (χ1v) is 4.31. The molecule has 1 aromatic heterocycles. The number of aryl methyl sites for hydroxylation is 1. The topological polar surface area (TPSA) is 17.8 Å². The van der Waals surface area contributed by atoms with Crippen molar-refractivity contribution >= 4 is 16.4 Å². The monoisotopic (exact) mass is 326 g/mol. The number of rotatable bonds is 0. The van der Waals surface area contributed by atoms with Crippen molar-refractivity contribution in [1.82, 2.24) is 9.55 Å². The fourth-order valence-electron chi connectivity index (χ4n) is 0.925. The van der Waals surface area contributed by atoms with E-state index in [2.05, 4.69) is 17.1 Å². The summed E-state index contributed by atoms with van der Waals surface area (Å²) in [5, 5.41) is 1.12. The van der Waals surface area contributed by atoms with E-state index in [4.69, 9.17) is 0 Å². The largest absolute Gasteiger partial charge is 0.483 e. The zero-order valence-electron chi connectivity index (χ0n) is 5.59. The molecule has 2 nitrogen and oxygen atoms in total. The normalized spacial score (nSPS) is 20.7. The predicted octanol–water partition coefficient (Wildman–Crippen LogP) is 1.02. The number of imidazole rings is 1. The molecule has 0 fully saturated rings. The summed E-state index contributed by atoms with van der Waals surface area (Å²) < 4.78 is 2.03. The van der Waals surface area contributed by atoms with Gasteiger partial charge in [-0.15, -0.1) is 6.20 Å². The Kier molecular flexibility index (Phi) is 2.14. The van der Waals surface area contributed by atoms with Crippen LogP contribution in [0.4, 0.5) is 0 Å². The number of hydrogen-bond acceptors (Lipinski definition) is 1. The van der Waals surface area contributed by atoms with Crippen LogP contribution < -0.4 is 0 Å². The van der Waals surface area contributed by atoms with Crippen molar-refractivity contribution in [3.05, 3.63) is 11.9 Å². The average molecular weight is 325 g/mol. The van der Waals surface area contributed by atoms with Gasteiger partial charge in [0, 0.05) is 31.5 Å². The van der Waals surface area contributed by atoms with Crippen LogP contribution in [-0.4, -0.2) is 15.4 Å². The molecule has 0 saturated carbocycles. The summed E-state index contributed by atoms with van der Waals surface area (Å²) in [6, 6.07) is 0. The number of fused-ring (bicyclic) bond motifs is 1. The van der Waals surface area contributed by atoms with E-state index < -0.39 is 0 Å². The molecule has 1 aliphatic heterocycles. The van der Waals surface area contributed by atoms with Gasteiger partial charge in [-0.2, -0.15) is 10.5 Å². The summed E-state index contributed by atoms with van der Waals surface area (Å²) in [7, 11) is 0.175. The van der Waals surface area contributed by atoms with Crippen LogP contribution >= 0.6 is 10.5 Å². The van der Waals surface area contributed by atoms with Gasteiger partial charge in [-0.3, -0.25) is 0 Å². The van der Waals surface area contributed by atoms with Crippen LogP contribution in [0.5, 0.6) is 0 Å². The minimum absolute atomic E-state index is 0. The quantitative estimate of drug-likeness (QED) is 0.514. The zero-order valence-corrected chi connectivity index (χ0v) is 9.13. The van der Waals surface area contributed by atoms with Gasteiger partial charge in [-0.05, 0) is 6.92 Å². The Bertz CT molecular complexity index is 279. The molecule has 0 N–H and O–H groups in total. The number of nitrogens with zero attached hydrogens (tertiary/aromatic N) is 2. The Morgan fingerprint density at radius 3 is 2.90 bits per heavy atom. The van der Waals surface area contributed by atoms with Gasteiger partial charge in [0.2, 0.25) is 0 Å². The maximum Gasteiger partial charge on any atom is 0.0236 e. The van der Waals surface area contributed by atoms with Crippen LogP contribution in [0.25, 0.3) is 0 Å². The summed E-state index contributed by atoms with van der Waals surface area (Å²) >= 11 is 0. The van der Waals surface area contributed by atoms with Crippen LogP contribution in [0.15, 0.2) is 5.16 Å². The predicted molar refractivity (Wildman–Crippen MR) is 38.8 cm³/mol. The molecule has 1 atom stereocenters. The van der Waals surface area contributed by atoms with Crippen LogP contribution in [0.1, 0.15) is 5.69 Å². The van der Waals surface area contributed by atoms with Crippen molar-refractivity contribution in [2.45, 2.75) is 18.0 Å². The van der Waals surface area contributed by atoms with Gasteiger partial charge < -0.3 is 9.55 Å². The summed E-state index contributed by atoms with van der Waals surface area (Å²) in [5.41, 5.74) is 0.989.